The summed E-state index contributed by atoms with van der Waals surface area (Å²) in [6.45, 7) is 3.59. The molecule has 1 aromatic heterocycles. The summed E-state index contributed by atoms with van der Waals surface area (Å²) in [5.74, 6) is 0. The van der Waals surface area contributed by atoms with E-state index in [9.17, 15) is 0 Å². The highest BCUT2D eigenvalue weighted by Crippen LogP contribution is 2.27. The van der Waals surface area contributed by atoms with Crippen molar-refractivity contribution in [1.82, 2.24) is 9.88 Å². The minimum atomic E-state index is 0.332. The summed E-state index contributed by atoms with van der Waals surface area (Å²) in [5.41, 5.74) is 3.96. The molecule has 0 spiro atoms. The second kappa shape index (κ2) is 7.44. The second-order valence-corrected chi connectivity index (χ2v) is 6.18. The Morgan fingerprint density at radius 1 is 1.04 bits per heavy atom. The van der Waals surface area contributed by atoms with Gasteiger partial charge in [-0.2, -0.15) is 5.26 Å². The van der Waals surface area contributed by atoms with E-state index in [4.69, 9.17) is 21.8 Å². The number of hydrogen-bond donors (Lipinski definition) is 0. The Balaban J connectivity index is 1.91. The van der Waals surface area contributed by atoms with Crippen LogP contribution in [-0.4, -0.2) is 16.4 Å². The van der Waals surface area contributed by atoms with Crippen molar-refractivity contribution in [3.8, 4) is 6.07 Å². The molecule has 0 radical (unpaired) electrons. The first-order chi connectivity index (χ1) is 11.7. The molecule has 0 unspecified atom stereocenters. The zero-order valence-corrected chi connectivity index (χ0v) is 14.3. The molecule has 3 aromatic rings. The van der Waals surface area contributed by atoms with Gasteiger partial charge < -0.3 is 0 Å². The third kappa shape index (κ3) is 3.56. The van der Waals surface area contributed by atoms with E-state index in [0.29, 0.717) is 24.7 Å². The molecule has 0 saturated carbocycles. The number of fused-ring (bicyclic) bond motifs is 1. The van der Waals surface area contributed by atoms with Gasteiger partial charge in [-0.1, -0.05) is 60.1 Å². The van der Waals surface area contributed by atoms with Crippen molar-refractivity contribution in [3.63, 3.8) is 0 Å². The molecule has 0 saturated heterocycles. The van der Waals surface area contributed by atoms with Gasteiger partial charge in [-0.05, 0) is 24.1 Å². The van der Waals surface area contributed by atoms with E-state index < -0.39 is 0 Å². The monoisotopic (exact) mass is 335 g/mol. The third-order valence-electron chi connectivity index (χ3n) is 4.06. The number of para-hydroxylation sites is 1. The maximum atomic E-state index is 9.14. The number of hydrogen-bond acceptors (Lipinski definition) is 3. The van der Waals surface area contributed by atoms with Crippen LogP contribution in [0.25, 0.3) is 10.9 Å². The lowest BCUT2D eigenvalue weighted by atomic mass is 10.1. The van der Waals surface area contributed by atoms with Crippen LogP contribution in [0.2, 0.25) is 5.02 Å². The standard InChI is InChI=1S/C20H18ClN3/c1-15-17-9-5-6-10-18(17)23-19(20(15)21)14-24(12-11-22)13-16-7-3-2-4-8-16/h2-10H,12-14H2,1H3. The summed E-state index contributed by atoms with van der Waals surface area (Å²) < 4.78 is 0. The average molecular weight is 336 g/mol. The molecule has 24 heavy (non-hydrogen) atoms. The molecule has 0 atom stereocenters. The number of nitriles is 1. The van der Waals surface area contributed by atoms with Crippen LogP contribution in [0, 0.1) is 18.3 Å². The van der Waals surface area contributed by atoms with Crippen LogP contribution in [-0.2, 0) is 13.1 Å². The van der Waals surface area contributed by atoms with Gasteiger partial charge >= 0.3 is 0 Å². The highest BCUT2D eigenvalue weighted by molar-refractivity contribution is 6.32. The number of nitrogens with zero attached hydrogens (tertiary/aromatic N) is 3. The van der Waals surface area contributed by atoms with E-state index in [1.54, 1.807) is 0 Å². The van der Waals surface area contributed by atoms with Crippen LogP contribution < -0.4 is 0 Å². The normalized spacial score (nSPS) is 10.9. The van der Waals surface area contributed by atoms with Gasteiger partial charge in [-0.25, -0.2) is 4.98 Å². The van der Waals surface area contributed by atoms with Crippen molar-refractivity contribution >= 4 is 22.5 Å². The topological polar surface area (TPSA) is 39.9 Å². The zero-order valence-electron chi connectivity index (χ0n) is 13.5. The van der Waals surface area contributed by atoms with E-state index in [-0.39, 0.29) is 0 Å². The first kappa shape index (κ1) is 16.4. The summed E-state index contributed by atoms with van der Waals surface area (Å²) in [6.07, 6.45) is 0. The summed E-state index contributed by atoms with van der Waals surface area (Å²) in [5, 5.41) is 10.9. The molecule has 4 heteroatoms. The van der Waals surface area contributed by atoms with Gasteiger partial charge in [0.1, 0.15) is 0 Å². The average Bonchev–Trinajstić information content (AvgIpc) is 2.60. The Hall–Kier alpha value is -2.41. The number of rotatable bonds is 5. The Morgan fingerprint density at radius 3 is 2.50 bits per heavy atom. The number of benzene rings is 2. The molecule has 0 aliphatic carbocycles. The van der Waals surface area contributed by atoms with Crippen LogP contribution in [0.1, 0.15) is 16.8 Å². The molecule has 0 aliphatic heterocycles. The van der Waals surface area contributed by atoms with Crippen LogP contribution in [0.3, 0.4) is 0 Å². The van der Waals surface area contributed by atoms with Crippen LogP contribution in [0.5, 0.6) is 0 Å². The van der Waals surface area contributed by atoms with Gasteiger partial charge in [0, 0.05) is 18.5 Å². The van der Waals surface area contributed by atoms with Crippen molar-refractivity contribution in [2.24, 2.45) is 0 Å². The lowest BCUT2D eigenvalue weighted by molar-refractivity contribution is 0.286. The minimum absolute atomic E-state index is 0.332. The summed E-state index contributed by atoms with van der Waals surface area (Å²) >= 11 is 6.55. The van der Waals surface area contributed by atoms with Crippen LogP contribution >= 0.6 is 11.6 Å². The SMILES string of the molecule is Cc1c(Cl)c(CN(CC#N)Cc2ccccc2)nc2ccccc12. The molecule has 3 rings (SSSR count). The fourth-order valence-corrected chi connectivity index (χ4v) is 3.05. The quantitative estimate of drug-likeness (QED) is 0.633. The second-order valence-electron chi connectivity index (χ2n) is 5.80. The molecule has 0 fully saturated rings. The first-order valence-corrected chi connectivity index (χ1v) is 8.24. The number of aromatic nitrogens is 1. The first-order valence-electron chi connectivity index (χ1n) is 7.86. The Labute approximate surface area is 147 Å². The molecule has 1 heterocycles. The molecule has 0 N–H and O–H groups in total. The van der Waals surface area contributed by atoms with Crippen LogP contribution in [0.15, 0.2) is 54.6 Å². The molecule has 120 valence electrons. The summed E-state index contributed by atoms with van der Waals surface area (Å²) in [4.78, 5) is 6.77. The predicted octanol–water partition coefficient (Wildman–Crippen LogP) is 4.72. The minimum Gasteiger partial charge on any atom is -0.280 e. The Kier molecular flexibility index (Phi) is 5.10. The van der Waals surface area contributed by atoms with Crippen molar-refractivity contribution in [3.05, 3.63) is 76.4 Å². The zero-order chi connectivity index (χ0) is 16.9. The lowest BCUT2D eigenvalue weighted by Crippen LogP contribution is -2.24. The Morgan fingerprint density at radius 2 is 1.75 bits per heavy atom. The van der Waals surface area contributed by atoms with E-state index in [1.807, 2.05) is 49.4 Å². The van der Waals surface area contributed by atoms with E-state index >= 15 is 0 Å². The fourth-order valence-electron chi connectivity index (χ4n) is 2.84. The lowest BCUT2D eigenvalue weighted by Gasteiger charge is -2.20. The molecular formula is C20H18ClN3. The smallest absolute Gasteiger partial charge is 0.0872 e. The van der Waals surface area contributed by atoms with Gasteiger partial charge in [0.2, 0.25) is 0 Å². The molecule has 0 bridgehead atoms. The van der Waals surface area contributed by atoms with Crippen molar-refractivity contribution < 1.29 is 0 Å². The fraction of sp³-hybridized carbons (Fsp3) is 0.200. The number of aryl methyl sites for hydroxylation is 1. The van der Waals surface area contributed by atoms with Crippen LogP contribution in [0.4, 0.5) is 0 Å². The molecular weight excluding hydrogens is 318 g/mol. The van der Waals surface area contributed by atoms with Gasteiger partial charge in [-0.3, -0.25) is 4.90 Å². The van der Waals surface area contributed by atoms with Crippen molar-refractivity contribution in [2.75, 3.05) is 6.54 Å². The predicted molar refractivity (Wildman–Crippen MR) is 97.7 cm³/mol. The van der Waals surface area contributed by atoms with E-state index in [0.717, 1.165) is 22.2 Å². The Bertz CT molecular complexity index is 885. The maximum absolute atomic E-state index is 9.14. The molecule has 0 amide bonds. The summed E-state index contributed by atoms with van der Waals surface area (Å²) in [6, 6.07) is 20.3. The molecule has 0 aliphatic rings. The summed E-state index contributed by atoms with van der Waals surface area (Å²) in [7, 11) is 0. The highest BCUT2D eigenvalue weighted by Gasteiger charge is 2.14. The third-order valence-corrected chi connectivity index (χ3v) is 4.56. The van der Waals surface area contributed by atoms with E-state index in [1.165, 1.54) is 5.56 Å². The number of halogens is 1. The largest absolute Gasteiger partial charge is 0.280 e. The van der Waals surface area contributed by atoms with Gasteiger partial charge in [-0.15, -0.1) is 0 Å². The van der Waals surface area contributed by atoms with Crippen molar-refractivity contribution in [1.29, 1.82) is 5.26 Å². The van der Waals surface area contributed by atoms with Gasteiger partial charge in [0.05, 0.1) is 28.8 Å². The van der Waals surface area contributed by atoms with E-state index in [2.05, 4.69) is 23.1 Å². The van der Waals surface area contributed by atoms with Crippen molar-refractivity contribution in [2.45, 2.75) is 20.0 Å². The van der Waals surface area contributed by atoms with Gasteiger partial charge in [0.25, 0.3) is 0 Å². The molecule has 2 aromatic carbocycles. The number of pyridine rings is 1. The highest BCUT2D eigenvalue weighted by atomic mass is 35.5. The molecule has 3 nitrogen and oxygen atoms in total. The van der Waals surface area contributed by atoms with Gasteiger partial charge in [0.15, 0.2) is 0 Å². The maximum Gasteiger partial charge on any atom is 0.0872 e.